The minimum Gasteiger partial charge on any atom is -0.338 e. The van der Waals surface area contributed by atoms with Crippen molar-refractivity contribution in [2.75, 3.05) is 26.2 Å². The largest absolute Gasteiger partial charge is 0.338 e. The van der Waals surface area contributed by atoms with E-state index in [0.29, 0.717) is 5.02 Å². The zero-order valence-corrected chi connectivity index (χ0v) is 18.4. The standard InChI is InChI=1S/C22H28ClN3OS/c1-22(2,3)21-24-19(16-28-21)15-25-11-4-12-26(14-13-25)20(27)10-7-17-5-8-18(23)9-6-17/h5-10,16H,4,11-15H2,1-3H3/b10-7+. The topological polar surface area (TPSA) is 36.4 Å². The lowest BCUT2D eigenvalue weighted by Gasteiger charge is -2.20. The number of hydrogen-bond donors (Lipinski definition) is 0. The predicted molar refractivity (Wildman–Crippen MR) is 118 cm³/mol. The first-order valence-corrected chi connectivity index (χ1v) is 11.0. The van der Waals surface area contributed by atoms with Gasteiger partial charge in [0.25, 0.3) is 0 Å². The van der Waals surface area contributed by atoms with Crippen molar-refractivity contribution in [3.8, 4) is 0 Å². The Labute approximate surface area is 176 Å². The minimum atomic E-state index is 0.0699. The lowest BCUT2D eigenvalue weighted by Crippen LogP contribution is -2.34. The number of amides is 1. The maximum absolute atomic E-state index is 12.6. The number of hydrogen-bond acceptors (Lipinski definition) is 4. The van der Waals surface area contributed by atoms with Gasteiger partial charge in [-0.25, -0.2) is 4.98 Å². The van der Waals surface area contributed by atoms with Crippen LogP contribution in [0.5, 0.6) is 0 Å². The fraction of sp³-hybridized carbons (Fsp3) is 0.455. The highest BCUT2D eigenvalue weighted by molar-refractivity contribution is 7.09. The molecule has 1 amide bonds. The lowest BCUT2D eigenvalue weighted by atomic mass is 9.98. The normalized spacial score (nSPS) is 16.5. The number of halogens is 1. The van der Waals surface area contributed by atoms with Crippen molar-refractivity contribution < 1.29 is 4.79 Å². The van der Waals surface area contributed by atoms with Crippen LogP contribution in [0.1, 0.15) is 43.5 Å². The maximum Gasteiger partial charge on any atom is 0.246 e. The molecule has 3 rings (SSSR count). The molecule has 6 heteroatoms. The molecule has 0 N–H and O–H groups in total. The van der Waals surface area contributed by atoms with Crippen molar-refractivity contribution in [3.63, 3.8) is 0 Å². The van der Waals surface area contributed by atoms with E-state index in [9.17, 15) is 4.79 Å². The Kier molecular flexibility index (Phi) is 6.91. The number of carbonyl (C=O) groups is 1. The summed E-state index contributed by atoms with van der Waals surface area (Å²) in [5, 5.41) is 4.05. The zero-order valence-electron chi connectivity index (χ0n) is 16.8. The first kappa shape index (κ1) is 21.0. The Hall–Kier alpha value is -1.69. The van der Waals surface area contributed by atoms with Crippen molar-refractivity contribution in [2.24, 2.45) is 0 Å². The van der Waals surface area contributed by atoms with Crippen LogP contribution in [0.25, 0.3) is 6.08 Å². The molecule has 0 saturated carbocycles. The molecule has 0 bridgehead atoms. The molecule has 4 nitrogen and oxygen atoms in total. The summed E-state index contributed by atoms with van der Waals surface area (Å²) >= 11 is 7.64. The summed E-state index contributed by atoms with van der Waals surface area (Å²) in [6.07, 6.45) is 4.50. The number of benzene rings is 1. The Morgan fingerprint density at radius 1 is 1.18 bits per heavy atom. The van der Waals surface area contributed by atoms with Gasteiger partial charge in [-0.1, -0.05) is 44.5 Å². The van der Waals surface area contributed by atoms with E-state index in [0.717, 1.165) is 50.4 Å². The SMILES string of the molecule is CC(C)(C)c1nc(CN2CCCN(C(=O)/C=C/c3ccc(Cl)cc3)CC2)cs1. The van der Waals surface area contributed by atoms with E-state index in [1.807, 2.05) is 35.2 Å². The third-order valence-corrected chi connectivity index (χ3v) is 6.34. The number of aromatic nitrogens is 1. The molecule has 0 aliphatic carbocycles. The number of nitrogens with zero attached hydrogens (tertiary/aromatic N) is 3. The van der Waals surface area contributed by atoms with Crippen LogP contribution in [0.2, 0.25) is 5.02 Å². The fourth-order valence-electron chi connectivity index (χ4n) is 3.15. The van der Waals surface area contributed by atoms with Crippen LogP contribution in [-0.4, -0.2) is 46.9 Å². The van der Waals surface area contributed by atoms with Gasteiger partial charge in [0, 0.05) is 54.6 Å². The zero-order chi connectivity index (χ0) is 20.1. The van der Waals surface area contributed by atoms with Crippen molar-refractivity contribution >= 4 is 34.9 Å². The van der Waals surface area contributed by atoms with Gasteiger partial charge in [0.1, 0.15) is 0 Å². The molecule has 28 heavy (non-hydrogen) atoms. The first-order chi connectivity index (χ1) is 13.3. The van der Waals surface area contributed by atoms with Crippen LogP contribution in [0, 0.1) is 0 Å². The van der Waals surface area contributed by atoms with Crippen LogP contribution in [0.3, 0.4) is 0 Å². The van der Waals surface area contributed by atoms with E-state index >= 15 is 0 Å². The Balaban J connectivity index is 1.53. The molecule has 0 radical (unpaired) electrons. The summed E-state index contributed by atoms with van der Waals surface area (Å²) in [5.74, 6) is 0.0699. The van der Waals surface area contributed by atoms with E-state index in [1.165, 1.54) is 5.01 Å². The molecule has 1 aliphatic heterocycles. The highest BCUT2D eigenvalue weighted by atomic mass is 35.5. The predicted octanol–water partition coefficient (Wildman–Crippen LogP) is 4.84. The summed E-state index contributed by atoms with van der Waals surface area (Å²) in [4.78, 5) is 21.7. The van der Waals surface area contributed by atoms with Crippen LogP contribution in [0.15, 0.2) is 35.7 Å². The van der Waals surface area contributed by atoms with E-state index in [4.69, 9.17) is 16.6 Å². The molecular formula is C22H28ClN3OS. The van der Waals surface area contributed by atoms with E-state index < -0.39 is 0 Å². The summed E-state index contributed by atoms with van der Waals surface area (Å²) in [6.45, 7) is 10.9. The first-order valence-electron chi connectivity index (χ1n) is 9.71. The van der Waals surface area contributed by atoms with Gasteiger partial charge in [0.05, 0.1) is 10.7 Å². The Bertz CT molecular complexity index is 823. The Morgan fingerprint density at radius 3 is 2.61 bits per heavy atom. The van der Waals surface area contributed by atoms with E-state index in [2.05, 4.69) is 31.1 Å². The van der Waals surface area contributed by atoms with Gasteiger partial charge in [0.2, 0.25) is 5.91 Å². The monoisotopic (exact) mass is 417 g/mol. The third-order valence-electron chi connectivity index (χ3n) is 4.77. The van der Waals surface area contributed by atoms with Gasteiger partial charge < -0.3 is 4.90 Å². The van der Waals surface area contributed by atoms with Gasteiger partial charge >= 0.3 is 0 Å². The van der Waals surface area contributed by atoms with Crippen molar-refractivity contribution in [1.29, 1.82) is 0 Å². The summed E-state index contributed by atoms with van der Waals surface area (Å²) in [5.41, 5.74) is 2.21. The second-order valence-corrected chi connectivity index (χ2v) is 9.53. The highest BCUT2D eigenvalue weighted by Gasteiger charge is 2.21. The molecule has 1 aliphatic rings. The average molecular weight is 418 g/mol. The van der Waals surface area contributed by atoms with E-state index in [1.54, 1.807) is 17.4 Å². The minimum absolute atomic E-state index is 0.0699. The molecule has 0 unspecified atom stereocenters. The molecule has 0 atom stereocenters. The number of rotatable bonds is 4. The highest BCUT2D eigenvalue weighted by Crippen LogP contribution is 2.26. The van der Waals surface area contributed by atoms with Crippen LogP contribution in [0.4, 0.5) is 0 Å². The second kappa shape index (κ2) is 9.21. The summed E-state index contributed by atoms with van der Waals surface area (Å²) in [6, 6.07) is 7.49. The van der Waals surface area contributed by atoms with Crippen molar-refractivity contribution in [2.45, 2.75) is 39.2 Å². The fourth-order valence-corrected chi connectivity index (χ4v) is 4.17. The quantitative estimate of drug-likeness (QED) is 0.667. The van der Waals surface area contributed by atoms with Crippen molar-refractivity contribution in [1.82, 2.24) is 14.8 Å². The summed E-state index contributed by atoms with van der Waals surface area (Å²) in [7, 11) is 0. The van der Waals surface area contributed by atoms with Gasteiger partial charge in [-0.2, -0.15) is 0 Å². The molecule has 1 aromatic heterocycles. The molecule has 2 heterocycles. The molecule has 0 spiro atoms. The van der Waals surface area contributed by atoms with Gasteiger partial charge in [0.15, 0.2) is 0 Å². The summed E-state index contributed by atoms with van der Waals surface area (Å²) < 4.78 is 0. The maximum atomic E-state index is 12.6. The second-order valence-electron chi connectivity index (χ2n) is 8.23. The molecule has 1 fully saturated rings. The number of carbonyl (C=O) groups excluding carboxylic acids is 1. The van der Waals surface area contributed by atoms with Crippen LogP contribution >= 0.6 is 22.9 Å². The lowest BCUT2D eigenvalue weighted by molar-refractivity contribution is -0.125. The molecule has 2 aromatic rings. The van der Waals surface area contributed by atoms with E-state index in [-0.39, 0.29) is 11.3 Å². The van der Waals surface area contributed by atoms with Gasteiger partial charge in [-0.3, -0.25) is 9.69 Å². The van der Waals surface area contributed by atoms with Crippen molar-refractivity contribution in [3.05, 3.63) is 57.0 Å². The molecule has 150 valence electrons. The van der Waals surface area contributed by atoms with Crippen LogP contribution < -0.4 is 0 Å². The molecule has 1 aromatic carbocycles. The third kappa shape index (κ3) is 5.90. The van der Waals surface area contributed by atoms with Crippen LogP contribution in [-0.2, 0) is 16.8 Å². The molecule has 1 saturated heterocycles. The Morgan fingerprint density at radius 2 is 1.93 bits per heavy atom. The van der Waals surface area contributed by atoms with Gasteiger partial charge in [-0.15, -0.1) is 11.3 Å². The average Bonchev–Trinajstić information content (AvgIpc) is 3.00. The van der Waals surface area contributed by atoms with Gasteiger partial charge in [-0.05, 0) is 30.2 Å². The number of thiazole rings is 1. The smallest absolute Gasteiger partial charge is 0.246 e. The molecular weight excluding hydrogens is 390 g/mol.